The number of aliphatic imine (C=N–C) groups is 1. The number of hydrogen-bond acceptors (Lipinski definition) is 11. The van der Waals surface area contributed by atoms with Crippen molar-refractivity contribution in [3.8, 4) is 0 Å². The molecule has 3 aliphatic rings. The molecular formula is C35H42N4O9Si. The van der Waals surface area contributed by atoms with Gasteiger partial charge in [-0.05, 0) is 29.9 Å². The van der Waals surface area contributed by atoms with Crippen LogP contribution in [0.4, 0.5) is 4.79 Å². The molecule has 0 bridgehead atoms. The first kappa shape index (κ1) is 35.7. The summed E-state index contributed by atoms with van der Waals surface area (Å²) in [6.07, 6.45) is 1.69. The molecule has 1 unspecified atom stereocenters. The van der Waals surface area contributed by atoms with E-state index in [1.807, 2.05) is 26.0 Å². The van der Waals surface area contributed by atoms with Gasteiger partial charge in [-0.2, -0.15) is 0 Å². The van der Waals surface area contributed by atoms with E-state index in [1.54, 1.807) is 48.5 Å². The number of rotatable bonds is 13. The van der Waals surface area contributed by atoms with E-state index in [-0.39, 0.29) is 37.4 Å². The Bertz CT molecular complexity index is 1670. The highest BCUT2D eigenvalue weighted by molar-refractivity contribution is 6.67. The summed E-state index contributed by atoms with van der Waals surface area (Å²) in [4.78, 5) is 82.1. The van der Waals surface area contributed by atoms with Crippen molar-refractivity contribution in [1.82, 2.24) is 10.6 Å². The number of aliphatic hydroxyl groups is 1. The summed E-state index contributed by atoms with van der Waals surface area (Å²) < 4.78 is 10.8. The molecule has 14 heteroatoms. The second-order valence-electron chi connectivity index (χ2n) is 13.3. The average molecular weight is 691 g/mol. The maximum atomic E-state index is 14.8. The predicted octanol–water partition coefficient (Wildman–Crippen LogP) is 1.85. The first-order valence-electron chi connectivity index (χ1n) is 16.2. The largest absolute Gasteiger partial charge is 0.502 e. The number of aliphatic hydroxyl groups excluding tert-OH is 1. The standard InChI is InChI=1S/C35H42N4O9Si/c1-22(2)16-35(30(41)26(18-38-35)29(40)32(36)43)27-19-37-34(31(27)42,17-24-11-7-4-8-12-24)21-49(45,46)28(15-23-9-5-3-6-10-23)39-33(44)48-25-13-14-47-20-25/h3-12,18-19,22,25,28,37,40,45-46H,13-17,20-21H2,1-2H3,(H2,36,43)(H,39,44)/b29-26-/t25?,28-,34+,35+/m1/s1. The Morgan fingerprint density at radius 1 is 1.08 bits per heavy atom. The van der Waals surface area contributed by atoms with Crippen LogP contribution < -0.4 is 16.4 Å². The average Bonchev–Trinajstić information content (AvgIpc) is 3.76. The number of alkyl carbamates (subject to hydrolysis) is 1. The molecule has 7 N–H and O–H groups in total. The minimum atomic E-state index is -4.65. The van der Waals surface area contributed by atoms with E-state index < -0.39 is 72.4 Å². The molecule has 2 aromatic carbocycles. The summed E-state index contributed by atoms with van der Waals surface area (Å²) in [7, 11) is -4.65. The smallest absolute Gasteiger partial charge is 0.407 e. The lowest BCUT2D eigenvalue weighted by atomic mass is 9.74. The van der Waals surface area contributed by atoms with Crippen molar-refractivity contribution in [2.75, 3.05) is 13.2 Å². The summed E-state index contributed by atoms with van der Waals surface area (Å²) in [6, 6.07) is 17.5. The number of carbonyl (C=O) groups excluding carboxylic acids is 4. The van der Waals surface area contributed by atoms with Crippen molar-refractivity contribution in [2.24, 2.45) is 16.6 Å². The molecule has 3 aliphatic heterocycles. The molecule has 0 radical (unpaired) electrons. The fourth-order valence-electron chi connectivity index (χ4n) is 6.71. The van der Waals surface area contributed by atoms with Gasteiger partial charge in [0, 0.05) is 36.9 Å². The topological polar surface area (TPSA) is 210 Å². The van der Waals surface area contributed by atoms with Crippen LogP contribution in [0, 0.1) is 5.92 Å². The number of ketones is 2. The maximum Gasteiger partial charge on any atom is 0.407 e. The Hall–Kier alpha value is -4.63. The molecule has 3 heterocycles. The second-order valence-corrected chi connectivity index (χ2v) is 16.1. The van der Waals surface area contributed by atoms with Gasteiger partial charge in [0.15, 0.2) is 17.1 Å². The molecule has 1 fully saturated rings. The van der Waals surface area contributed by atoms with Crippen LogP contribution in [0.15, 0.2) is 88.8 Å². The number of nitrogens with two attached hydrogens (primary N) is 1. The van der Waals surface area contributed by atoms with Crippen molar-refractivity contribution in [2.45, 2.75) is 68.4 Å². The fraction of sp³-hybridized carbons (Fsp3) is 0.400. The Kier molecular flexibility index (Phi) is 10.5. The molecule has 5 rings (SSSR count). The minimum Gasteiger partial charge on any atom is -0.502 e. The van der Waals surface area contributed by atoms with E-state index in [0.29, 0.717) is 24.2 Å². The molecule has 0 aliphatic carbocycles. The number of nitrogens with one attached hydrogen (secondary N) is 2. The van der Waals surface area contributed by atoms with Gasteiger partial charge < -0.3 is 40.5 Å². The highest BCUT2D eigenvalue weighted by atomic mass is 28.4. The van der Waals surface area contributed by atoms with E-state index in [1.165, 1.54) is 6.20 Å². The van der Waals surface area contributed by atoms with E-state index in [2.05, 4.69) is 15.6 Å². The molecule has 0 saturated carbocycles. The number of benzene rings is 2. The lowest BCUT2D eigenvalue weighted by Crippen LogP contribution is -2.65. The Balaban J connectivity index is 1.52. The lowest BCUT2D eigenvalue weighted by molar-refractivity contribution is -0.124. The van der Waals surface area contributed by atoms with Gasteiger partial charge in [-0.3, -0.25) is 19.4 Å². The summed E-state index contributed by atoms with van der Waals surface area (Å²) >= 11 is 0. The van der Waals surface area contributed by atoms with Gasteiger partial charge in [-0.1, -0.05) is 74.5 Å². The van der Waals surface area contributed by atoms with Crippen LogP contribution in [0.2, 0.25) is 6.04 Å². The van der Waals surface area contributed by atoms with Gasteiger partial charge >= 0.3 is 14.7 Å². The first-order valence-corrected chi connectivity index (χ1v) is 18.4. The predicted molar refractivity (Wildman–Crippen MR) is 181 cm³/mol. The summed E-state index contributed by atoms with van der Waals surface area (Å²) in [6.45, 7) is 4.35. The van der Waals surface area contributed by atoms with Crippen molar-refractivity contribution in [3.05, 3.63) is 94.9 Å². The monoisotopic (exact) mass is 690 g/mol. The van der Waals surface area contributed by atoms with Crippen LogP contribution in [0.3, 0.4) is 0 Å². The third-order valence-corrected chi connectivity index (χ3v) is 11.6. The summed E-state index contributed by atoms with van der Waals surface area (Å²) in [5.41, 5.74) is 1.52. The molecule has 4 atom stereocenters. The Morgan fingerprint density at radius 2 is 1.73 bits per heavy atom. The number of hydrogen-bond donors (Lipinski definition) is 6. The third-order valence-electron chi connectivity index (χ3n) is 9.05. The summed E-state index contributed by atoms with van der Waals surface area (Å²) in [5, 5.41) is 16.1. The van der Waals surface area contributed by atoms with Crippen LogP contribution in [0.5, 0.6) is 0 Å². The van der Waals surface area contributed by atoms with Crippen LogP contribution >= 0.6 is 0 Å². The zero-order valence-electron chi connectivity index (χ0n) is 27.4. The molecular weight excluding hydrogens is 648 g/mol. The van der Waals surface area contributed by atoms with Crippen LogP contribution in [0.25, 0.3) is 0 Å². The first-order chi connectivity index (χ1) is 23.3. The van der Waals surface area contributed by atoms with Crippen molar-refractivity contribution in [3.63, 3.8) is 0 Å². The van der Waals surface area contributed by atoms with E-state index in [4.69, 9.17) is 15.2 Å². The molecule has 13 nitrogen and oxygen atoms in total. The van der Waals surface area contributed by atoms with E-state index in [9.17, 15) is 33.9 Å². The van der Waals surface area contributed by atoms with E-state index >= 15 is 0 Å². The zero-order chi connectivity index (χ0) is 35.4. The molecule has 2 amide bonds. The van der Waals surface area contributed by atoms with Crippen LogP contribution in [-0.2, 0) is 36.7 Å². The van der Waals surface area contributed by atoms with Crippen LogP contribution in [-0.4, -0.2) is 89.1 Å². The quantitative estimate of drug-likeness (QED) is 0.102. The molecule has 49 heavy (non-hydrogen) atoms. The van der Waals surface area contributed by atoms with Gasteiger partial charge in [-0.25, -0.2) is 4.79 Å². The zero-order valence-corrected chi connectivity index (χ0v) is 28.4. The lowest BCUT2D eigenvalue weighted by Gasteiger charge is -2.38. The second kappa shape index (κ2) is 14.5. The minimum absolute atomic E-state index is 0.00461. The van der Waals surface area contributed by atoms with Crippen molar-refractivity contribution >= 4 is 38.3 Å². The normalized spacial score (nSPS) is 25.2. The van der Waals surface area contributed by atoms with Gasteiger partial charge in [0.25, 0.3) is 5.91 Å². The SMILES string of the molecule is CC(C)C[C@@]1(C2=CN[C@@](Cc3ccccc3)(C[Si](O)(O)[C@H](Cc3ccccc3)NC(=O)OC3CCOC3)C2=O)N=C/C(=C(/O)C(N)=O)C1=O. The molecule has 1 saturated heterocycles. The maximum absolute atomic E-state index is 14.8. The Morgan fingerprint density at radius 3 is 2.33 bits per heavy atom. The fourth-order valence-corrected chi connectivity index (χ4v) is 9.14. The molecule has 0 aromatic heterocycles. The van der Waals surface area contributed by atoms with Gasteiger partial charge in [0.2, 0.25) is 5.78 Å². The highest BCUT2D eigenvalue weighted by Gasteiger charge is 2.59. The van der Waals surface area contributed by atoms with Crippen molar-refractivity contribution in [1.29, 1.82) is 0 Å². The number of nitrogens with zero attached hydrogens (tertiary/aromatic N) is 1. The molecule has 0 spiro atoms. The highest BCUT2D eigenvalue weighted by Crippen LogP contribution is 2.43. The van der Waals surface area contributed by atoms with Gasteiger partial charge in [0.05, 0.1) is 24.5 Å². The van der Waals surface area contributed by atoms with Crippen LogP contribution in [0.1, 0.15) is 37.8 Å². The number of Topliss-reactive ketones (excluding diaryl/α,β-unsaturated/α-hetero) is 2. The van der Waals surface area contributed by atoms with E-state index in [0.717, 1.165) is 6.21 Å². The number of amides is 2. The number of primary amides is 1. The Labute approximate surface area is 285 Å². The van der Waals surface area contributed by atoms with Gasteiger partial charge in [0.1, 0.15) is 11.6 Å². The summed E-state index contributed by atoms with van der Waals surface area (Å²) in [5.74, 6) is -3.73. The van der Waals surface area contributed by atoms with Gasteiger partial charge in [-0.15, -0.1) is 0 Å². The number of ether oxygens (including phenoxy) is 2. The molecule has 260 valence electrons. The third kappa shape index (κ3) is 7.67. The molecule has 2 aromatic rings. The number of carbonyl (C=O) groups is 4. The van der Waals surface area contributed by atoms with Crippen molar-refractivity contribution < 1.29 is 43.3 Å².